The Morgan fingerprint density at radius 3 is 2.52 bits per heavy atom. The summed E-state index contributed by atoms with van der Waals surface area (Å²) in [4.78, 5) is 14.8. The van der Waals surface area contributed by atoms with Crippen molar-refractivity contribution < 1.29 is 9.53 Å². The van der Waals surface area contributed by atoms with Gasteiger partial charge in [0.1, 0.15) is 0 Å². The molecular formula is C20H27Cl2N3O2. The molecule has 0 radical (unpaired) electrons. The summed E-state index contributed by atoms with van der Waals surface area (Å²) in [5, 5.41) is 3.06. The summed E-state index contributed by atoms with van der Waals surface area (Å²) >= 11 is 0. The number of carbonyl (C=O) groups excluding carboxylic acids is 1. The van der Waals surface area contributed by atoms with Crippen LogP contribution in [0.2, 0.25) is 0 Å². The molecule has 1 fully saturated rings. The normalized spacial score (nSPS) is 15.1. The minimum atomic E-state index is -0.0989. The summed E-state index contributed by atoms with van der Waals surface area (Å²) < 4.78 is 5.47. The van der Waals surface area contributed by atoms with Gasteiger partial charge in [0, 0.05) is 30.9 Å². The van der Waals surface area contributed by atoms with Crippen LogP contribution in [0.25, 0.3) is 0 Å². The van der Waals surface area contributed by atoms with Crippen LogP contribution in [0.15, 0.2) is 48.5 Å². The average molecular weight is 412 g/mol. The van der Waals surface area contributed by atoms with Gasteiger partial charge in [0.15, 0.2) is 0 Å². The van der Waals surface area contributed by atoms with E-state index in [0.29, 0.717) is 17.8 Å². The molecule has 1 heterocycles. The van der Waals surface area contributed by atoms with Gasteiger partial charge < -0.3 is 15.8 Å². The highest BCUT2D eigenvalue weighted by atomic mass is 35.5. The highest BCUT2D eigenvalue weighted by molar-refractivity contribution is 5.95. The Balaban J connectivity index is 0.00000182. The molecule has 2 aromatic rings. The second-order valence-corrected chi connectivity index (χ2v) is 6.41. The summed E-state index contributed by atoms with van der Waals surface area (Å²) in [5.74, 6) is -0.0989. The van der Waals surface area contributed by atoms with Crippen LogP contribution >= 0.6 is 24.8 Å². The van der Waals surface area contributed by atoms with Crippen LogP contribution < -0.4 is 11.1 Å². The minimum Gasteiger partial charge on any atom is -0.399 e. The van der Waals surface area contributed by atoms with Crippen molar-refractivity contribution in [1.29, 1.82) is 0 Å². The van der Waals surface area contributed by atoms with E-state index < -0.39 is 0 Å². The van der Waals surface area contributed by atoms with E-state index in [1.807, 2.05) is 0 Å². The van der Waals surface area contributed by atoms with Gasteiger partial charge in [0.2, 0.25) is 0 Å². The van der Waals surface area contributed by atoms with Crippen molar-refractivity contribution >= 4 is 36.4 Å². The number of nitrogen functional groups attached to an aromatic ring is 1. The Bertz CT molecular complexity index is 737. The smallest absolute Gasteiger partial charge is 0.251 e. The van der Waals surface area contributed by atoms with Crippen LogP contribution in [0.5, 0.6) is 0 Å². The number of nitrogens with zero attached hydrogens (tertiary/aromatic N) is 1. The first kappa shape index (κ1) is 23.2. The van der Waals surface area contributed by atoms with Crippen LogP contribution in [0, 0.1) is 6.92 Å². The monoisotopic (exact) mass is 411 g/mol. The Morgan fingerprint density at radius 2 is 1.85 bits per heavy atom. The number of morpholine rings is 1. The van der Waals surface area contributed by atoms with Gasteiger partial charge in [-0.2, -0.15) is 0 Å². The standard InChI is InChI=1S/C20H25N3O2.2ClH/c1-15-4-2-5-16(12-15)19(23-8-10-25-11-9-23)14-22-20(24)17-6-3-7-18(21)13-17;;/h2-7,12-13,19H,8-11,14,21H2,1H3,(H,22,24);2*1H. The third-order valence-electron chi connectivity index (χ3n) is 4.52. The molecule has 1 aliphatic rings. The maximum absolute atomic E-state index is 12.5. The number of anilines is 1. The van der Waals surface area contributed by atoms with E-state index >= 15 is 0 Å². The third kappa shape index (κ3) is 6.40. The van der Waals surface area contributed by atoms with Gasteiger partial charge in [0.05, 0.1) is 19.3 Å². The van der Waals surface area contributed by atoms with Crippen LogP contribution in [0.3, 0.4) is 0 Å². The molecule has 0 spiro atoms. The zero-order valence-electron chi connectivity index (χ0n) is 15.4. The lowest BCUT2D eigenvalue weighted by Gasteiger charge is -2.35. The summed E-state index contributed by atoms with van der Waals surface area (Å²) in [6.45, 7) is 5.83. The van der Waals surface area contributed by atoms with Gasteiger partial charge >= 0.3 is 0 Å². The molecule has 0 aliphatic carbocycles. The third-order valence-corrected chi connectivity index (χ3v) is 4.52. The zero-order chi connectivity index (χ0) is 17.6. The zero-order valence-corrected chi connectivity index (χ0v) is 17.0. The fourth-order valence-electron chi connectivity index (χ4n) is 3.20. The molecule has 5 nitrogen and oxygen atoms in total. The molecule has 148 valence electrons. The lowest BCUT2D eigenvalue weighted by Crippen LogP contribution is -2.43. The first-order valence-corrected chi connectivity index (χ1v) is 8.65. The molecule has 7 heteroatoms. The van der Waals surface area contributed by atoms with Gasteiger partial charge in [-0.15, -0.1) is 24.8 Å². The minimum absolute atomic E-state index is 0. The van der Waals surface area contributed by atoms with Gasteiger partial charge in [-0.1, -0.05) is 35.9 Å². The number of rotatable bonds is 5. The van der Waals surface area contributed by atoms with Crippen LogP contribution in [0.1, 0.15) is 27.5 Å². The second kappa shape index (κ2) is 11.1. The molecule has 1 atom stereocenters. The van der Waals surface area contributed by atoms with Gasteiger partial charge in [-0.05, 0) is 30.7 Å². The Labute approximate surface area is 173 Å². The number of hydrogen-bond donors (Lipinski definition) is 2. The Kier molecular flexibility index (Phi) is 9.60. The van der Waals surface area contributed by atoms with Crippen LogP contribution in [0.4, 0.5) is 5.69 Å². The number of halogens is 2. The van der Waals surface area contributed by atoms with Crippen molar-refractivity contribution in [3.05, 3.63) is 65.2 Å². The molecular weight excluding hydrogens is 385 g/mol. The number of amides is 1. The topological polar surface area (TPSA) is 67.6 Å². The highest BCUT2D eigenvalue weighted by Crippen LogP contribution is 2.22. The molecule has 0 saturated carbocycles. The van der Waals surface area contributed by atoms with Gasteiger partial charge in [-0.3, -0.25) is 9.69 Å². The molecule has 0 bridgehead atoms. The van der Waals surface area contributed by atoms with Crippen molar-refractivity contribution in [2.45, 2.75) is 13.0 Å². The number of hydrogen-bond acceptors (Lipinski definition) is 4. The van der Waals surface area contributed by atoms with Crippen LogP contribution in [-0.2, 0) is 4.74 Å². The van der Waals surface area contributed by atoms with Crippen molar-refractivity contribution in [2.75, 3.05) is 38.6 Å². The van der Waals surface area contributed by atoms with E-state index in [0.717, 1.165) is 26.3 Å². The second-order valence-electron chi connectivity index (χ2n) is 6.41. The van der Waals surface area contributed by atoms with Gasteiger partial charge in [-0.25, -0.2) is 0 Å². The van der Waals surface area contributed by atoms with Crippen molar-refractivity contribution in [3.63, 3.8) is 0 Å². The summed E-state index contributed by atoms with van der Waals surface area (Å²) in [6, 6.07) is 15.7. The number of nitrogens with two attached hydrogens (primary N) is 1. The van der Waals surface area contributed by atoms with E-state index in [9.17, 15) is 4.79 Å². The molecule has 1 amide bonds. The summed E-state index contributed by atoms with van der Waals surface area (Å²) in [6.07, 6.45) is 0. The SMILES string of the molecule is Cc1cccc(C(CNC(=O)c2cccc(N)c2)N2CCOCC2)c1.Cl.Cl. The molecule has 1 unspecified atom stereocenters. The highest BCUT2D eigenvalue weighted by Gasteiger charge is 2.23. The quantitative estimate of drug-likeness (QED) is 0.741. The average Bonchev–Trinajstić information content (AvgIpc) is 2.63. The van der Waals surface area contributed by atoms with Crippen molar-refractivity contribution in [3.8, 4) is 0 Å². The summed E-state index contributed by atoms with van der Waals surface area (Å²) in [5.41, 5.74) is 9.39. The molecule has 1 saturated heterocycles. The maximum Gasteiger partial charge on any atom is 0.251 e. The predicted molar refractivity (Wildman–Crippen MR) is 114 cm³/mol. The van der Waals surface area contributed by atoms with Crippen molar-refractivity contribution in [1.82, 2.24) is 10.2 Å². The lowest BCUT2D eigenvalue weighted by atomic mass is 10.0. The fourth-order valence-corrected chi connectivity index (χ4v) is 3.20. The maximum atomic E-state index is 12.5. The van der Waals surface area contributed by atoms with Crippen molar-refractivity contribution in [2.24, 2.45) is 0 Å². The number of nitrogens with one attached hydrogen (secondary N) is 1. The molecule has 3 N–H and O–H groups in total. The largest absolute Gasteiger partial charge is 0.399 e. The van der Waals surface area contributed by atoms with Crippen LogP contribution in [-0.4, -0.2) is 43.7 Å². The molecule has 2 aromatic carbocycles. The molecule has 3 rings (SSSR count). The lowest BCUT2D eigenvalue weighted by molar-refractivity contribution is 0.0162. The van der Waals surface area contributed by atoms with Gasteiger partial charge in [0.25, 0.3) is 5.91 Å². The molecule has 1 aliphatic heterocycles. The van der Waals surface area contributed by atoms with E-state index in [-0.39, 0.29) is 36.8 Å². The van der Waals surface area contributed by atoms with E-state index in [2.05, 4.69) is 41.4 Å². The number of aryl methyl sites for hydroxylation is 1. The Hall–Kier alpha value is -1.79. The molecule has 27 heavy (non-hydrogen) atoms. The van der Waals surface area contributed by atoms with E-state index in [1.54, 1.807) is 24.3 Å². The Morgan fingerprint density at radius 1 is 1.15 bits per heavy atom. The number of ether oxygens (including phenoxy) is 1. The summed E-state index contributed by atoms with van der Waals surface area (Å²) in [7, 11) is 0. The number of carbonyl (C=O) groups is 1. The number of benzene rings is 2. The fraction of sp³-hybridized carbons (Fsp3) is 0.350. The first-order chi connectivity index (χ1) is 12.1. The first-order valence-electron chi connectivity index (χ1n) is 8.65. The van der Waals surface area contributed by atoms with E-state index in [1.165, 1.54) is 11.1 Å². The molecule has 0 aromatic heterocycles. The predicted octanol–water partition coefficient (Wildman–Crippen LogP) is 3.22. The van der Waals surface area contributed by atoms with E-state index in [4.69, 9.17) is 10.5 Å².